The molecule has 21 heavy (non-hydrogen) atoms. The molecule has 0 atom stereocenters. The summed E-state index contributed by atoms with van der Waals surface area (Å²) in [5.74, 6) is 1.12. The molecular weight excluding hydrogens is 268 g/mol. The van der Waals surface area contributed by atoms with Crippen molar-refractivity contribution in [1.29, 1.82) is 0 Å². The Morgan fingerprint density at radius 3 is 2.62 bits per heavy atom. The molecule has 0 saturated carbocycles. The van der Waals surface area contributed by atoms with Gasteiger partial charge in [0.25, 0.3) is 5.91 Å². The second-order valence-corrected chi connectivity index (χ2v) is 5.54. The van der Waals surface area contributed by atoms with E-state index >= 15 is 0 Å². The van der Waals surface area contributed by atoms with Gasteiger partial charge in [0.2, 0.25) is 6.41 Å². The SMILES string of the molecule is CC(C)c1cccc(OCC(=O)N2CCN(C=O)CC2)c1. The standard InChI is InChI=1S/C16H22N2O3/c1-13(2)14-4-3-5-15(10-14)21-11-16(20)18-8-6-17(12-19)7-9-18/h3-5,10,12-13H,6-9,11H2,1-2H3. The molecule has 0 spiro atoms. The predicted molar refractivity (Wildman–Crippen MR) is 80.2 cm³/mol. The monoisotopic (exact) mass is 290 g/mol. The molecule has 1 heterocycles. The summed E-state index contributed by atoms with van der Waals surface area (Å²) in [6, 6.07) is 7.84. The molecule has 1 aromatic carbocycles. The molecule has 1 fully saturated rings. The van der Waals surface area contributed by atoms with Gasteiger partial charge in [0.1, 0.15) is 5.75 Å². The van der Waals surface area contributed by atoms with Crippen molar-refractivity contribution in [2.75, 3.05) is 32.8 Å². The highest BCUT2D eigenvalue weighted by atomic mass is 16.5. The number of amides is 2. The zero-order valence-corrected chi connectivity index (χ0v) is 12.6. The topological polar surface area (TPSA) is 49.9 Å². The molecule has 1 saturated heterocycles. The molecule has 114 valence electrons. The van der Waals surface area contributed by atoms with E-state index in [-0.39, 0.29) is 12.5 Å². The third-order valence-electron chi connectivity index (χ3n) is 3.70. The summed E-state index contributed by atoms with van der Waals surface area (Å²) in [4.78, 5) is 26.1. The van der Waals surface area contributed by atoms with Crippen LogP contribution in [-0.4, -0.2) is 54.9 Å². The van der Waals surface area contributed by atoms with Gasteiger partial charge in [-0.25, -0.2) is 0 Å². The summed E-state index contributed by atoms with van der Waals surface area (Å²) < 4.78 is 5.59. The smallest absolute Gasteiger partial charge is 0.260 e. The van der Waals surface area contributed by atoms with Crippen LogP contribution in [0.3, 0.4) is 0 Å². The number of carbonyl (C=O) groups is 2. The normalized spacial score (nSPS) is 15.2. The first kappa shape index (κ1) is 15.4. The van der Waals surface area contributed by atoms with Gasteiger partial charge in [-0.3, -0.25) is 9.59 Å². The summed E-state index contributed by atoms with van der Waals surface area (Å²) in [5, 5.41) is 0. The van der Waals surface area contributed by atoms with Gasteiger partial charge in [0.15, 0.2) is 6.61 Å². The Labute approximate surface area is 125 Å². The van der Waals surface area contributed by atoms with E-state index < -0.39 is 0 Å². The molecule has 2 amide bonds. The van der Waals surface area contributed by atoms with Gasteiger partial charge in [-0.2, -0.15) is 0 Å². The van der Waals surface area contributed by atoms with Crippen LogP contribution in [-0.2, 0) is 9.59 Å². The minimum atomic E-state index is -0.0319. The molecule has 1 aliphatic rings. The molecule has 1 aliphatic heterocycles. The van der Waals surface area contributed by atoms with Crippen LogP contribution in [0.5, 0.6) is 5.75 Å². The highest BCUT2D eigenvalue weighted by molar-refractivity contribution is 5.78. The van der Waals surface area contributed by atoms with Crippen molar-refractivity contribution in [2.45, 2.75) is 19.8 Å². The Morgan fingerprint density at radius 2 is 2.00 bits per heavy atom. The largest absolute Gasteiger partial charge is 0.484 e. The lowest BCUT2D eigenvalue weighted by Gasteiger charge is -2.32. The van der Waals surface area contributed by atoms with Crippen LogP contribution in [0.4, 0.5) is 0 Å². The van der Waals surface area contributed by atoms with Crippen molar-refractivity contribution >= 4 is 12.3 Å². The molecule has 0 radical (unpaired) electrons. The van der Waals surface area contributed by atoms with Crippen molar-refractivity contribution in [1.82, 2.24) is 9.80 Å². The fourth-order valence-corrected chi connectivity index (χ4v) is 2.28. The van der Waals surface area contributed by atoms with E-state index in [1.807, 2.05) is 18.2 Å². The first-order chi connectivity index (χ1) is 10.1. The van der Waals surface area contributed by atoms with Gasteiger partial charge in [0, 0.05) is 26.2 Å². The van der Waals surface area contributed by atoms with E-state index in [0.717, 1.165) is 12.2 Å². The Morgan fingerprint density at radius 1 is 1.29 bits per heavy atom. The molecular formula is C16H22N2O3. The molecule has 0 aliphatic carbocycles. The minimum Gasteiger partial charge on any atom is -0.484 e. The molecule has 0 bridgehead atoms. The second-order valence-electron chi connectivity index (χ2n) is 5.54. The summed E-state index contributed by atoms with van der Waals surface area (Å²) in [7, 11) is 0. The lowest BCUT2D eigenvalue weighted by atomic mass is 10.0. The van der Waals surface area contributed by atoms with E-state index in [1.54, 1.807) is 9.80 Å². The number of nitrogens with zero attached hydrogens (tertiary/aromatic N) is 2. The van der Waals surface area contributed by atoms with Crippen LogP contribution in [0.25, 0.3) is 0 Å². The Bertz CT molecular complexity index is 494. The second kappa shape index (κ2) is 7.11. The summed E-state index contributed by atoms with van der Waals surface area (Å²) in [5.41, 5.74) is 1.19. The van der Waals surface area contributed by atoms with E-state index in [0.29, 0.717) is 32.1 Å². The molecule has 2 rings (SSSR count). The van der Waals surface area contributed by atoms with Gasteiger partial charge in [-0.1, -0.05) is 26.0 Å². The quantitative estimate of drug-likeness (QED) is 0.772. The van der Waals surface area contributed by atoms with Crippen LogP contribution in [0.2, 0.25) is 0 Å². The van der Waals surface area contributed by atoms with E-state index in [4.69, 9.17) is 4.74 Å². The summed E-state index contributed by atoms with van der Waals surface area (Å²) >= 11 is 0. The fraction of sp³-hybridized carbons (Fsp3) is 0.500. The van der Waals surface area contributed by atoms with Crippen LogP contribution in [0, 0.1) is 0 Å². The lowest BCUT2D eigenvalue weighted by Crippen LogP contribution is -2.49. The Kier molecular flexibility index (Phi) is 5.20. The van der Waals surface area contributed by atoms with E-state index in [2.05, 4.69) is 19.9 Å². The molecule has 0 unspecified atom stereocenters. The molecule has 0 aromatic heterocycles. The predicted octanol–water partition coefficient (Wildman–Crippen LogP) is 1.49. The third kappa shape index (κ3) is 4.21. The molecule has 0 N–H and O–H groups in total. The van der Waals surface area contributed by atoms with Crippen LogP contribution >= 0.6 is 0 Å². The van der Waals surface area contributed by atoms with Crippen molar-refractivity contribution in [2.24, 2.45) is 0 Å². The van der Waals surface area contributed by atoms with Crippen LogP contribution in [0.15, 0.2) is 24.3 Å². The number of rotatable bonds is 5. The van der Waals surface area contributed by atoms with Gasteiger partial charge >= 0.3 is 0 Å². The first-order valence-corrected chi connectivity index (χ1v) is 7.30. The number of piperazine rings is 1. The zero-order chi connectivity index (χ0) is 15.2. The minimum absolute atomic E-state index is 0.0319. The van der Waals surface area contributed by atoms with Crippen LogP contribution < -0.4 is 4.74 Å². The maximum atomic E-state index is 12.1. The highest BCUT2D eigenvalue weighted by Crippen LogP contribution is 2.20. The van der Waals surface area contributed by atoms with E-state index in [1.165, 1.54) is 5.56 Å². The molecule has 5 heteroatoms. The number of benzene rings is 1. The molecule has 1 aromatic rings. The van der Waals surface area contributed by atoms with Crippen molar-refractivity contribution < 1.29 is 14.3 Å². The van der Waals surface area contributed by atoms with Crippen LogP contribution in [0.1, 0.15) is 25.3 Å². The summed E-state index contributed by atoms with van der Waals surface area (Å²) in [6.45, 7) is 6.63. The van der Waals surface area contributed by atoms with Crippen molar-refractivity contribution in [3.63, 3.8) is 0 Å². The van der Waals surface area contributed by atoms with Gasteiger partial charge in [-0.15, -0.1) is 0 Å². The van der Waals surface area contributed by atoms with E-state index in [9.17, 15) is 9.59 Å². The van der Waals surface area contributed by atoms with Gasteiger partial charge in [-0.05, 0) is 23.6 Å². The molecule has 5 nitrogen and oxygen atoms in total. The number of carbonyl (C=O) groups excluding carboxylic acids is 2. The fourth-order valence-electron chi connectivity index (χ4n) is 2.28. The Hall–Kier alpha value is -2.04. The van der Waals surface area contributed by atoms with Crippen molar-refractivity contribution in [3.8, 4) is 5.75 Å². The number of ether oxygens (including phenoxy) is 1. The number of hydrogen-bond acceptors (Lipinski definition) is 3. The highest BCUT2D eigenvalue weighted by Gasteiger charge is 2.20. The van der Waals surface area contributed by atoms with Gasteiger partial charge in [0.05, 0.1) is 0 Å². The average molecular weight is 290 g/mol. The zero-order valence-electron chi connectivity index (χ0n) is 12.6. The summed E-state index contributed by atoms with van der Waals surface area (Å²) in [6.07, 6.45) is 0.829. The maximum absolute atomic E-state index is 12.1. The Balaban J connectivity index is 1.84. The first-order valence-electron chi connectivity index (χ1n) is 7.30. The third-order valence-corrected chi connectivity index (χ3v) is 3.70. The maximum Gasteiger partial charge on any atom is 0.260 e. The number of hydrogen-bond donors (Lipinski definition) is 0. The van der Waals surface area contributed by atoms with Gasteiger partial charge < -0.3 is 14.5 Å². The lowest BCUT2D eigenvalue weighted by molar-refractivity contribution is -0.137. The average Bonchev–Trinajstić information content (AvgIpc) is 2.53. The van der Waals surface area contributed by atoms with Crippen molar-refractivity contribution in [3.05, 3.63) is 29.8 Å².